The molecule has 0 saturated carbocycles. The zero-order valence-electron chi connectivity index (χ0n) is 13.8. The van der Waals surface area contributed by atoms with Crippen LogP contribution >= 0.6 is 0 Å². The van der Waals surface area contributed by atoms with E-state index in [9.17, 15) is 8.42 Å². The number of nitrogens with zero attached hydrogens (tertiary/aromatic N) is 1. The molecule has 0 amide bonds. The maximum Gasteiger partial charge on any atom is 0.339 e. The molecule has 0 unspecified atom stereocenters. The van der Waals surface area contributed by atoms with Crippen LogP contribution in [-0.4, -0.2) is 13.4 Å². The van der Waals surface area contributed by atoms with Crippen molar-refractivity contribution in [2.75, 3.05) is 0 Å². The zero-order chi connectivity index (χ0) is 17.7. The molecule has 4 aromatic rings. The summed E-state index contributed by atoms with van der Waals surface area (Å²) in [5.41, 5.74) is 2.92. The molecule has 0 spiro atoms. The van der Waals surface area contributed by atoms with Gasteiger partial charge in [-0.25, -0.2) is 0 Å². The summed E-state index contributed by atoms with van der Waals surface area (Å²) < 4.78 is 31.6. The van der Waals surface area contributed by atoms with Crippen LogP contribution in [0.4, 0.5) is 0 Å². The summed E-state index contributed by atoms with van der Waals surface area (Å²) in [6, 6.07) is 18.3. The van der Waals surface area contributed by atoms with Crippen LogP contribution in [0.5, 0.6) is 5.75 Å². The maximum absolute atomic E-state index is 13.1. The third-order valence-corrected chi connectivity index (χ3v) is 6.20. The predicted molar refractivity (Wildman–Crippen MR) is 101 cm³/mol. The van der Waals surface area contributed by atoms with Crippen LogP contribution in [-0.2, 0) is 23.0 Å². The van der Waals surface area contributed by atoms with Crippen LogP contribution in [0, 0.1) is 0 Å². The molecule has 0 aliphatic heterocycles. The maximum atomic E-state index is 13.1. The molecular weight excluding hydrogens is 346 g/mol. The van der Waals surface area contributed by atoms with Crippen LogP contribution in [0.2, 0.25) is 0 Å². The van der Waals surface area contributed by atoms with Gasteiger partial charge in [0.05, 0.1) is 0 Å². The molecule has 1 aliphatic rings. The van der Waals surface area contributed by atoms with E-state index in [4.69, 9.17) is 4.18 Å². The van der Waals surface area contributed by atoms with E-state index in [0.29, 0.717) is 5.52 Å². The van der Waals surface area contributed by atoms with Gasteiger partial charge in [0, 0.05) is 17.0 Å². The molecule has 0 atom stereocenters. The first kappa shape index (κ1) is 15.3. The Morgan fingerprint density at radius 2 is 1.62 bits per heavy atom. The molecule has 3 aromatic carbocycles. The summed E-state index contributed by atoms with van der Waals surface area (Å²) >= 11 is 0. The lowest BCUT2D eigenvalue weighted by atomic mass is 10.1. The summed E-state index contributed by atoms with van der Waals surface area (Å²) in [6.45, 7) is 0. The Bertz CT molecular complexity index is 1260. The van der Waals surface area contributed by atoms with E-state index in [1.807, 2.05) is 36.4 Å². The van der Waals surface area contributed by atoms with Gasteiger partial charge in [0.2, 0.25) is 0 Å². The summed E-state index contributed by atoms with van der Waals surface area (Å²) in [5, 5.41) is 2.61. The molecule has 26 heavy (non-hydrogen) atoms. The van der Waals surface area contributed by atoms with Crippen molar-refractivity contribution >= 4 is 31.8 Å². The lowest BCUT2D eigenvalue weighted by Gasteiger charge is -2.12. The lowest BCUT2D eigenvalue weighted by molar-refractivity contribution is 0.489. The number of hydrogen-bond donors (Lipinski definition) is 0. The standard InChI is InChI=1S/C21H15NO3S/c23-26(24,25-18-8-2-5-16-6-3-13-22-21(16)18)19-12-11-15-10-9-14-4-1-7-17(19)20(14)15/h1-8,11-13H,9-10H2. The van der Waals surface area contributed by atoms with E-state index in [0.717, 1.165) is 29.0 Å². The van der Waals surface area contributed by atoms with E-state index in [-0.39, 0.29) is 10.6 Å². The van der Waals surface area contributed by atoms with Crippen LogP contribution in [0.15, 0.2) is 71.8 Å². The minimum absolute atomic E-state index is 0.202. The molecule has 0 fully saturated rings. The Labute approximate surface area is 151 Å². The van der Waals surface area contributed by atoms with Crippen LogP contribution in [0.3, 0.4) is 0 Å². The third-order valence-electron chi connectivity index (χ3n) is 4.90. The number of fused-ring (bicyclic) bond motifs is 1. The van der Waals surface area contributed by atoms with Gasteiger partial charge < -0.3 is 4.18 Å². The second kappa shape index (κ2) is 5.54. The lowest BCUT2D eigenvalue weighted by Crippen LogP contribution is -2.11. The number of benzene rings is 3. The number of para-hydroxylation sites is 1. The molecule has 128 valence electrons. The highest BCUT2D eigenvalue weighted by atomic mass is 32.2. The molecule has 1 aliphatic carbocycles. The molecule has 4 nitrogen and oxygen atoms in total. The van der Waals surface area contributed by atoms with Gasteiger partial charge in [-0.05, 0) is 47.6 Å². The zero-order valence-corrected chi connectivity index (χ0v) is 14.7. The number of hydrogen-bond acceptors (Lipinski definition) is 4. The average Bonchev–Trinajstić information content (AvgIpc) is 3.07. The van der Waals surface area contributed by atoms with Gasteiger partial charge in [-0.15, -0.1) is 0 Å². The Morgan fingerprint density at radius 1 is 0.846 bits per heavy atom. The molecule has 0 N–H and O–H groups in total. The quantitative estimate of drug-likeness (QED) is 0.512. The van der Waals surface area contributed by atoms with E-state index in [2.05, 4.69) is 11.1 Å². The molecule has 0 radical (unpaired) electrons. The molecule has 0 saturated heterocycles. The second-order valence-corrected chi connectivity index (χ2v) is 7.95. The van der Waals surface area contributed by atoms with Crippen molar-refractivity contribution in [2.45, 2.75) is 17.7 Å². The largest absolute Gasteiger partial charge is 0.377 e. The number of rotatable bonds is 3. The van der Waals surface area contributed by atoms with E-state index in [1.54, 1.807) is 24.4 Å². The van der Waals surface area contributed by atoms with Crippen molar-refractivity contribution in [3.05, 3.63) is 78.0 Å². The van der Waals surface area contributed by atoms with Crippen molar-refractivity contribution in [3.63, 3.8) is 0 Å². The molecular formula is C21H15NO3S. The van der Waals surface area contributed by atoms with Crippen molar-refractivity contribution in [3.8, 4) is 5.75 Å². The van der Waals surface area contributed by atoms with Crippen LogP contribution in [0.1, 0.15) is 11.1 Å². The smallest absolute Gasteiger partial charge is 0.339 e. The van der Waals surface area contributed by atoms with Crippen molar-refractivity contribution < 1.29 is 12.6 Å². The fraction of sp³-hybridized carbons (Fsp3) is 0.0952. The number of aryl methyl sites for hydroxylation is 2. The Kier molecular flexibility index (Phi) is 3.27. The monoisotopic (exact) mass is 361 g/mol. The van der Waals surface area contributed by atoms with Crippen LogP contribution < -0.4 is 4.18 Å². The van der Waals surface area contributed by atoms with Gasteiger partial charge in [0.25, 0.3) is 0 Å². The van der Waals surface area contributed by atoms with E-state index < -0.39 is 10.1 Å². The van der Waals surface area contributed by atoms with Gasteiger partial charge in [-0.2, -0.15) is 8.42 Å². The Balaban J connectivity index is 1.68. The van der Waals surface area contributed by atoms with Gasteiger partial charge >= 0.3 is 10.1 Å². The van der Waals surface area contributed by atoms with Crippen molar-refractivity contribution in [2.24, 2.45) is 0 Å². The topological polar surface area (TPSA) is 56.3 Å². The molecule has 0 bridgehead atoms. The first-order valence-corrected chi connectivity index (χ1v) is 9.86. The number of pyridine rings is 1. The Morgan fingerprint density at radius 3 is 2.50 bits per heavy atom. The minimum Gasteiger partial charge on any atom is -0.377 e. The van der Waals surface area contributed by atoms with E-state index in [1.165, 1.54) is 11.1 Å². The highest BCUT2D eigenvalue weighted by Crippen LogP contribution is 2.36. The summed E-state index contributed by atoms with van der Waals surface area (Å²) in [6.07, 6.45) is 3.52. The molecule has 5 rings (SSSR count). The van der Waals surface area contributed by atoms with Gasteiger partial charge in [0.15, 0.2) is 5.75 Å². The predicted octanol–water partition coefficient (Wildman–Crippen LogP) is 4.25. The minimum atomic E-state index is -3.98. The normalized spacial score (nSPS) is 13.4. The second-order valence-electron chi connectivity index (χ2n) is 6.43. The fourth-order valence-corrected chi connectivity index (χ4v) is 4.88. The van der Waals surface area contributed by atoms with Crippen molar-refractivity contribution in [1.29, 1.82) is 0 Å². The third kappa shape index (κ3) is 2.28. The van der Waals surface area contributed by atoms with Crippen molar-refractivity contribution in [1.82, 2.24) is 4.98 Å². The number of aromatic nitrogens is 1. The molecule has 1 heterocycles. The summed E-state index contributed by atoms with van der Waals surface area (Å²) in [5.74, 6) is 0.242. The van der Waals surface area contributed by atoms with Gasteiger partial charge in [0.1, 0.15) is 10.4 Å². The first-order chi connectivity index (χ1) is 12.6. The highest BCUT2D eigenvalue weighted by molar-refractivity contribution is 7.87. The SMILES string of the molecule is O=S(=O)(Oc1cccc2cccnc12)c1ccc2c3c(cccc13)CC2. The van der Waals surface area contributed by atoms with Gasteiger partial charge in [-0.1, -0.05) is 42.5 Å². The van der Waals surface area contributed by atoms with Gasteiger partial charge in [-0.3, -0.25) is 4.98 Å². The highest BCUT2D eigenvalue weighted by Gasteiger charge is 2.24. The summed E-state index contributed by atoms with van der Waals surface area (Å²) in [4.78, 5) is 4.47. The van der Waals surface area contributed by atoms with Crippen LogP contribution in [0.25, 0.3) is 21.7 Å². The average molecular weight is 361 g/mol. The summed E-state index contributed by atoms with van der Waals surface area (Å²) in [7, 11) is -3.98. The van der Waals surface area contributed by atoms with E-state index >= 15 is 0 Å². The molecule has 5 heteroatoms. The molecule has 1 aromatic heterocycles. The Hall–Kier alpha value is -2.92. The fourth-order valence-electron chi connectivity index (χ4n) is 3.74. The first-order valence-electron chi connectivity index (χ1n) is 8.45.